The zero-order chi connectivity index (χ0) is 10.2. The molecular formula is C12H19NO. The van der Waals surface area contributed by atoms with E-state index in [0.29, 0.717) is 0 Å². The lowest BCUT2D eigenvalue weighted by atomic mass is 10.1. The van der Waals surface area contributed by atoms with E-state index in [9.17, 15) is 0 Å². The summed E-state index contributed by atoms with van der Waals surface area (Å²) in [6.07, 6.45) is 2.00. The molecule has 2 nitrogen and oxygen atoms in total. The van der Waals surface area contributed by atoms with Crippen molar-refractivity contribution in [3.63, 3.8) is 0 Å². The van der Waals surface area contributed by atoms with Crippen LogP contribution in [0.2, 0.25) is 0 Å². The van der Waals surface area contributed by atoms with Crippen LogP contribution in [0.15, 0.2) is 30.3 Å². The van der Waals surface area contributed by atoms with Crippen molar-refractivity contribution in [2.45, 2.75) is 25.8 Å². The van der Waals surface area contributed by atoms with Gasteiger partial charge in [-0.1, -0.05) is 37.3 Å². The van der Waals surface area contributed by atoms with E-state index in [2.05, 4.69) is 24.4 Å². The number of rotatable bonds is 6. The number of aliphatic hydroxyl groups excluding tert-OH is 1. The minimum absolute atomic E-state index is 0.192. The summed E-state index contributed by atoms with van der Waals surface area (Å²) in [7, 11) is 0. The maximum Gasteiger partial charge on any atom is 0.0587 e. The van der Waals surface area contributed by atoms with E-state index in [1.54, 1.807) is 0 Å². The zero-order valence-electron chi connectivity index (χ0n) is 8.74. The Morgan fingerprint density at radius 2 is 2.00 bits per heavy atom. The third-order valence-electron chi connectivity index (χ3n) is 2.23. The molecule has 1 aromatic carbocycles. The summed E-state index contributed by atoms with van der Waals surface area (Å²) in [5.74, 6) is 0. The van der Waals surface area contributed by atoms with E-state index < -0.39 is 0 Å². The van der Waals surface area contributed by atoms with Crippen LogP contribution in [0.4, 0.5) is 0 Å². The van der Waals surface area contributed by atoms with E-state index in [0.717, 1.165) is 19.4 Å². The van der Waals surface area contributed by atoms with Gasteiger partial charge in [0, 0.05) is 6.04 Å². The van der Waals surface area contributed by atoms with E-state index in [1.807, 2.05) is 18.2 Å². The minimum Gasteiger partial charge on any atom is -0.395 e. The van der Waals surface area contributed by atoms with Gasteiger partial charge in [0.15, 0.2) is 0 Å². The maximum absolute atomic E-state index is 9.15. The second kappa shape index (κ2) is 6.57. The highest BCUT2D eigenvalue weighted by atomic mass is 16.3. The molecule has 0 aliphatic carbocycles. The van der Waals surface area contributed by atoms with Gasteiger partial charge in [0.1, 0.15) is 0 Å². The first-order chi connectivity index (χ1) is 6.86. The Morgan fingerprint density at radius 1 is 1.29 bits per heavy atom. The molecule has 1 atom stereocenters. The highest BCUT2D eigenvalue weighted by molar-refractivity contribution is 5.15. The summed E-state index contributed by atoms with van der Waals surface area (Å²) in [6.45, 7) is 3.30. The smallest absolute Gasteiger partial charge is 0.0587 e. The molecule has 0 aliphatic rings. The van der Waals surface area contributed by atoms with Gasteiger partial charge in [-0.3, -0.25) is 0 Å². The topological polar surface area (TPSA) is 32.3 Å². The van der Waals surface area contributed by atoms with Crippen molar-refractivity contribution in [3.8, 4) is 0 Å². The van der Waals surface area contributed by atoms with Crippen molar-refractivity contribution in [3.05, 3.63) is 35.9 Å². The first kappa shape index (κ1) is 11.2. The largest absolute Gasteiger partial charge is 0.395 e. The molecule has 0 amide bonds. The summed E-state index contributed by atoms with van der Waals surface area (Å²) in [6, 6.07) is 10.5. The molecule has 78 valence electrons. The molecule has 0 aromatic heterocycles. The lowest BCUT2D eigenvalue weighted by Crippen LogP contribution is -2.34. The molecule has 0 fully saturated rings. The molecule has 0 spiro atoms. The van der Waals surface area contributed by atoms with Crippen molar-refractivity contribution in [1.82, 2.24) is 5.32 Å². The normalized spacial score (nSPS) is 12.7. The van der Waals surface area contributed by atoms with Gasteiger partial charge in [-0.15, -0.1) is 0 Å². The van der Waals surface area contributed by atoms with Gasteiger partial charge < -0.3 is 10.4 Å². The van der Waals surface area contributed by atoms with Gasteiger partial charge in [-0.2, -0.15) is 0 Å². The number of benzene rings is 1. The quantitative estimate of drug-likeness (QED) is 0.719. The minimum atomic E-state index is 0.192. The first-order valence-corrected chi connectivity index (χ1v) is 5.25. The third-order valence-corrected chi connectivity index (χ3v) is 2.23. The van der Waals surface area contributed by atoms with Crippen molar-refractivity contribution in [2.75, 3.05) is 13.2 Å². The van der Waals surface area contributed by atoms with Crippen LogP contribution >= 0.6 is 0 Å². The monoisotopic (exact) mass is 193 g/mol. The van der Waals surface area contributed by atoms with Crippen LogP contribution in [0.1, 0.15) is 18.9 Å². The van der Waals surface area contributed by atoms with Crippen LogP contribution in [-0.4, -0.2) is 24.3 Å². The van der Waals surface area contributed by atoms with Gasteiger partial charge in [0.05, 0.1) is 6.61 Å². The van der Waals surface area contributed by atoms with Crippen LogP contribution in [0, 0.1) is 0 Å². The highest BCUT2D eigenvalue weighted by Gasteiger charge is 2.05. The predicted octanol–water partition coefficient (Wildman–Crippen LogP) is 1.59. The Bertz CT molecular complexity index is 235. The molecule has 2 N–H and O–H groups in total. The van der Waals surface area contributed by atoms with E-state index in [4.69, 9.17) is 5.11 Å². The molecule has 1 aromatic rings. The lowest BCUT2D eigenvalue weighted by molar-refractivity contribution is 0.242. The third kappa shape index (κ3) is 3.90. The first-order valence-electron chi connectivity index (χ1n) is 5.25. The molecular weight excluding hydrogens is 174 g/mol. The number of aliphatic hydroxyl groups is 1. The fourth-order valence-corrected chi connectivity index (χ4v) is 1.45. The van der Waals surface area contributed by atoms with Crippen molar-refractivity contribution < 1.29 is 5.11 Å². The zero-order valence-corrected chi connectivity index (χ0v) is 8.74. The van der Waals surface area contributed by atoms with Crippen LogP contribution in [0.5, 0.6) is 0 Å². The molecule has 14 heavy (non-hydrogen) atoms. The SMILES string of the molecule is CCCNC(CO)Cc1ccccc1. The average Bonchev–Trinajstić information content (AvgIpc) is 2.25. The van der Waals surface area contributed by atoms with Gasteiger partial charge in [-0.25, -0.2) is 0 Å². The number of nitrogens with one attached hydrogen (secondary N) is 1. The average molecular weight is 193 g/mol. The molecule has 0 saturated heterocycles. The summed E-state index contributed by atoms with van der Waals surface area (Å²) in [5.41, 5.74) is 1.27. The van der Waals surface area contributed by atoms with Crippen molar-refractivity contribution in [2.24, 2.45) is 0 Å². The Kier molecular flexibility index (Phi) is 5.27. The second-order valence-corrected chi connectivity index (χ2v) is 3.52. The van der Waals surface area contributed by atoms with Gasteiger partial charge in [0.2, 0.25) is 0 Å². The summed E-state index contributed by atoms with van der Waals surface area (Å²) in [4.78, 5) is 0. The summed E-state index contributed by atoms with van der Waals surface area (Å²) < 4.78 is 0. The van der Waals surface area contributed by atoms with E-state index in [1.165, 1.54) is 5.56 Å². The maximum atomic E-state index is 9.15. The standard InChI is InChI=1S/C12H19NO/c1-2-8-13-12(10-14)9-11-6-4-3-5-7-11/h3-7,12-14H,2,8-10H2,1H3. The molecule has 0 heterocycles. The Labute approximate surface area is 86.0 Å². The molecule has 0 aliphatic heterocycles. The second-order valence-electron chi connectivity index (χ2n) is 3.52. The fourth-order valence-electron chi connectivity index (χ4n) is 1.45. The molecule has 0 bridgehead atoms. The molecule has 0 saturated carbocycles. The molecule has 1 rings (SSSR count). The highest BCUT2D eigenvalue weighted by Crippen LogP contribution is 2.02. The number of hydrogen-bond donors (Lipinski definition) is 2. The van der Waals surface area contributed by atoms with Gasteiger partial charge in [0.25, 0.3) is 0 Å². The number of hydrogen-bond acceptors (Lipinski definition) is 2. The Hall–Kier alpha value is -0.860. The van der Waals surface area contributed by atoms with Gasteiger partial charge in [-0.05, 0) is 24.9 Å². The Balaban J connectivity index is 2.40. The van der Waals surface area contributed by atoms with Crippen LogP contribution in [0.3, 0.4) is 0 Å². The Morgan fingerprint density at radius 3 is 2.57 bits per heavy atom. The van der Waals surface area contributed by atoms with Crippen LogP contribution < -0.4 is 5.32 Å². The van der Waals surface area contributed by atoms with Crippen molar-refractivity contribution in [1.29, 1.82) is 0 Å². The summed E-state index contributed by atoms with van der Waals surface area (Å²) in [5, 5.41) is 12.5. The van der Waals surface area contributed by atoms with E-state index >= 15 is 0 Å². The van der Waals surface area contributed by atoms with Crippen LogP contribution in [0.25, 0.3) is 0 Å². The molecule has 2 heteroatoms. The summed E-state index contributed by atoms with van der Waals surface area (Å²) >= 11 is 0. The molecule has 0 radical (unpaired) electrons. The van der Waals surface area contributed by atoms with Crippen LogP contribution in [-0.2, 0) is 6.42 Å². The van der Waals surface area contributed by atoms with Crippen molar-refractivity contribution >= 4 is 0 Å². The predicted molar refractivity (Wildman–Crippen MR) is 59.3 cm³/mol. The van der Waals surface area contributed by atoms with E-state index in [-0.39, 0.29) is 12.6 Å². The fraction of sp³-hybridized carbons (Fsp3) is 0.500. The molecule has 1 unspecified atom stereocenters. The van der Waals surface area contributed by atoms with Gasteiger partial charge >= 0.3 is 0 Å². The lowest BCUT2D eigenvalue weighted by Gasteiger charge is -2.15.